The molecule has 0 spiro atoms. The maximum atomic E-state index is 12.1. The molecule has 0 radical (unpaired) electrons. The van der Waals surface area contributed by atoms with Gasteiger partial charge in [-0.15, -0.1) is 0 Å². The van der Waals surface area contributed by atoms with Crippen LogP contribution in [0.15, 0.2) is 30.3 Å². The molecule has 2 fully saturated rings. The van der Waals surface area contributed by atoms with E-state index >= 15 is 0 Å². The Morgan fingerprint density at radius 1 is 1.10 bits per heavy atom. The summed E-state index contributed by atoms with van der Waals surface area (Å²) in [5.74, 6) is 0.383. The summed E-state index contributed by atoms with van der Waals surface area (Å²) < 4.78 is 11.4. The maximum Gasteiger partial charge on any atom is 0.249 e. The molecule has 3 atom stereocenters. The van der Waals surface area contributed by atoms with Crippen molar-refractivity contribution in [3.63, 3.8) is 0 Å². The third kappa shape index (κ3) is 3.63. The molecule has 0 aromatic heterocycles. The first kappa shape index (κ1) is 14.5. The van der Waals surface area contributed by atoms with E-state index < -0.39 is 0 Å². The van der Waals surface area contributed by atoms with Crippen molar-refractivity contribution in [3.8, 4) is 0 Å². The number of amides is 1. The van der Waals surface area contributed by atoms with Crippen LogP contribution in [0.25, 0.3) is 0 Å². The molecule has 21 heavy (non-hydrogen) atoms. The predicted octanol–water partition coefficient (Wildman–Crippen LogP) is 2.45. The van der Waals surface area contributed by atoms with Gasteiger partial charge in [0.1, 0.15) is 6.10 Å². The van der Waals surface area contributed by atoms with Crippen LogP contribution in [-0.4, -0.2) is 31.8 Å². The molecule has 0 aliphatic carbocycles. The molecule has 0 saturated carbocycles. The third-order valence-corrected chi connectivity index (χ3v) is 4.35. The first-order valence-electron chi connectivity index (χ1n) is 7.90. The lowest BCUT2D eigenvalue weighted by atomic mass is 9.95. The summed E-state index contributed by atoms with van der Waals surface area (Å²) in [5.41, 5.74) is 1.20. The minimum absolute atomic E-state index is 0.0356. The van der Waals surface area contributed by atoms with Gasteiger partial charge in [0.2, 0.25) is 5.91 Å². The van der Waals surface area contributed by atoms with E-state index in [0.29, 0.717) is 19.1 Å². The summed E-state index contributed by atoms with van der Waals surface area (Å²) in [7, 11) is 0. The van der Waals surface area contributed by atoms with Crippen molar-refractivity contribution in [1.29, 1.82) is 0 Å². The lowest BCUT2D eigenvalue weighted by molar-refractivity contribution is -0.135. The average molecular weight is 289 g/mol. The van der Waals surface area contributed by atoms with E-state index in [0.717, 1.165) is 32.3 Å². The highest BCUT2D eigenvalue weighted by Gasteiger charge is 2.30. The zero-order valence-corrected chi connectivity index (χ0v) is 12.3. The molecule has 3 rings (SSSR count). The SMILES string of the molecule is O=C(NC[C@H]1CCO[C@@H]1c1ccccc1)C1CCCCO1. The van der Waals surface area contributed by atoms with Crippen LogP contribution in [0.4, 0.5) is 0 Å². The first-order valence-corrected chi connectivity index (χ1v) is 7.90. The minimum Gasteiger partial charge on any atom is -0.373 e. The molecule has 1 N–H and O–H groups in total. The number of nitrogens with one attached hydrogen (secondary N) is 1. The van der Waals surface area contributed by atoms with Gasteiger partial charge >= 0.3 is 0 Å². The standard InChI is InChI=1S/C17H23NO3/c19-17(15-8-4-5-10-20-15)18-12-14-9-11-21-16(14)13-6-2-1-3-7-13/h1-3,6-7,14-16H,4-5,8-12H2,(H,18,19)/t14-,15?,16-/m1/s1. The van der Waals surface area contributed by atoms with Crippen LogP contribution in [0.1, 0.15) is 37.4 Å². The molecule has 2 aliphatic heterocycles. The highest BCUT2D eigenvalue weighted by atomic mass is 16.5. The van der Waals surface area contributed by atoms with Crippen LogP contribution in [0.3, 0.4) is 0 Å². The van der Waals surface area contributed by atoms with Gasteiger partial charge in [-0.1, -0.05) is 30.3 Å². The van der Waals surface area contributed by atoms with Crippen molar-refractivity contribution in [3.05, 3.63) is 35.9 Å². The molecule has 4 nitrogen and oxygen atoms in total. The van der Waals surface area contributed by atoms with Gasteiger partial charge < -0.3 is 14.8 Å². The normalized spacial score (nSPS) is 29.2. The fourth-order valence-electron chi connectivity index (χ4n) is 3.15. The lowest BCUT2D eigenvalue weighted by Gasteiger charge is -2.24. The number of hydrogen-bond acceptors (Lipinski definition) is 3. The van der Waals surface area contributed by atoms with Gasteiger partial charge in [0, 0.05) is 25.7 Å². The van der Waals surface area contributed by atoms with Crippen molar-refractivity contribution in [2.75, 3.05) is 19.8 Å². The van der Waals surface area contributed by atoms with Crippen molar-refractivity contribution in [2.24, 2.45) is 5.92 Å². The second-order valence-corrected chi connectivity index (χ2v) is 5.85. The highest BCUT2D eigenvalue weighted by Crippen LogP contribution is 2.33. The van der Waals surface area contributed by atoms with Crippen LogP contribution < -0.4 is 5.32 Å². The van der Waals surface area contributed by atoms with Crippen molar-refractivity contribution < 1.29 is 14.3 Å². The average Bonchev–Trinajstić information content (AvgIpc) is 3.03. The van der Waals surface area contributed by atoms with E-state index in [9.17, 15) is 4.79 Å². The Labute approximate surface area is 125 Å². The van der Waals surface area contributed by atoms with Crippen molar-refractivity contribution in [1.82, 2.24) is 5.32 Å². The van der Waals surface area contributed by atoms with Crippen LogP contribution in [0.2, 0.25) is 0 Å². The van der Waals surface area contributed by atoms with Gasteiger partial charge in [-0.25, -0.2) is 0 Å². The fraction of sp³-hybridized carbons (Fsp3) is 0.588. The molecule has 1 unspecified atom stereocenters. The molecule has 1 amide bonds. The Morgan fingerprint density at radius 2 is 1.95 bits per heavy atom. The molecule has 114 valence electrons. The zero-order valence-electron chi connectivity index (χ0n) is 12.3. The molecule has 1 aromatic carbocycles. The summed E-state index contributed by atoms with van der Waals surface area (Å²) in [6, 6.07) is 10.3. The highest BCUT2D eigenvalue weighted by molar-refractivity contribution is 5.80. The molecule has 1 aromatic rings. The Kier molecular flexibility index (Phi) is 4.88. The second-order valence-electron chi connectivity index (χ2n) is 5.85. The van der Waals surface area contributed by atoms with Gasteiger partial charge in [0.15, 0.2) is 0 Å². The van der Waals surface area contributed by atoms with Crippen LogP contribution >= 0.6 is 0 Å². The van der Waals surface area contributed by atoms with E-state index in [1.165, 1.54) is 5.56 Å². The summed E-state index contributed by atoms with van der Waals surface area (Å²) in [6.45, 7) is 2.13. The summed E-state index contributed by atoms with van der Waals surface area (Å²) in [5, 5.41) is 3.05. The van der Waals surface area contributed by atoms with E-state index in [4.69, 9.17) is 9.47 Å². The summed E-state index contributed by atoms with van der Waals surface area (Å²) in [6.07, 6.45) is 3.82. The van der Waals surface area contributed by atoms with E-state index in [2.05, 4.69) is 17.4 Å². The minimum atomic E-state index is -0.253. The smallest absolute Gasteiger partial charge is 0.249 e. The summed E-state index contributed by atoms with van der Waals surface area (Å²) >= 11 is 0. The van der Waals surface area contributed by atoms with Gasteiger partial charge in [-0.05, 0) is 31.2 Å². The third-order valence-electron chi connectivity index (χ3n) is 4.35. The maximum absolute atomic E-state index is 12.1. The lowest BCUT2D eigenvalue weighted by Crippen LogP contribution is -2.40. The second kappa shape index (κ2) is 7.05. The fourth-order valence-corrected chi connectivity index (χ4v) is 3.15. The van der Waals surface area contributed by atoms with Crippen LogP contribution in [0, 0.1) is 5.92 Å². The van der Waals surface area contributed by atoms with Crippen molar-refractivity contribution in [2.45, 2.75) is 37.9 Å². The largest absolute Gasteiger partial charge is 0.373 e. The quantitative estimate of drug-likeness (QED) is 0.926. The predicted molar refractivity (Wildman–Crippen MR) is 79.8 cm³/mol. The number of carbonyl (C=O) groups excluding carboxylic acids is 1. The number of ether oxygens (including phenoxy) is 2. The van der Waals surface area contributed by atoms with E-state index in [1.54, 1.807) is 0 Å². The molecule has 0 bridgehead atoms. The number of carbonyl (C=O) groups is 1. The number of rotatable bonds is 4. The van der Waals surface area contributed by atoms with Gasteiger partial charge in [0.05, 0.1) is 6.10 Å². The molecule has 2 aliphatic rings. The Morgan fingerprint density at radius 3 is 2.71 bits per heavy atom. The molecule has 2 saturated heterocycles. The van der Waals surface area contributed by atoms with E-state index in [-0.39, 0.29) is 18.1 Å². The Hall–Kier alpha value is -1.39. The molecule has 4 heteroatoms. The number of hydrogen-bond donors (Lipinski definition) is 1. The van der Waals surface area contributed by atoms with E-state index in [1.807, 2.05) is 18.2 Å². The van der Waals surface area contributed by atoms with Gasteiger partial charge in [0.25, 0.3) is 0 Å². The Balaban J connectivity index is 1.53. The summed E-state index contributed by atoms with van der Waals surface area (Å²) in [4.78, 5) is 12.1. The van der Waals surface area contributed by atoms with Crippen LogP contribution in [0.5, 0.6) is 0 Å². The molecular formula is C17H23NO3. The molecular weight excluding hydrogens is 266 g/mol. The van der Waals surface area contributed by atoms with Crippen molar-refractivity contribution >= 4 is 5.91 Å². The number of benzene rings is 1. The molecule has 2 heterocycles. The van der Waals surface area contributed by atoms with Gasteiger partial charge in [-0.2, -0.15) is 0 Å². The Bertz CT molecular complexity index is 456. The monoisotopic (exact) mass is 289 g/mol. The van der Waals surface area contributed by atoms with Gasteiger partial charge in [-0.3, -0.25) is 4.79 Å². The van der Waals surface area contributed by atoms with Crippen LogP contribution in [-0.2, 0) is 14.3 Å². The first-order chi connectivity index (χ1) is 10.3. The topological polar surface area (TPSA) is 47.6 Å². The zero-order chi connectivity index (χ0) is 14.5.